The van der Waals surface area contributed by atoms with Gasteiger partial charge in [-0.3, -0.25) is 0 Å². The fraction of sp³-hybridized carbons (Fsp3) is 0.600. The number of benzene rings is 1. The minimum atomic E-state index is -3.47. The Hall–Kier alpha value is -1.07. The second kappa shape index (κ2) is 6.59. The maximum atomic E-state index is 11.3. The van der Waals surface area contributed by atoms with Crippen LogP contribution < -0.4 is 4.18 Å². The molecule has 1 heterocycles. The fourth-order valence-electron chi connectivity index (χ4n) is 2.84. The summed E-state index contributed by atoms with van der Waals surface area (Å²) in [6.45, 7) is 5.49. The molecule has 0 aliphatic carbocycles. The summed E-state index contributed by atoms with van der Waals surface area (Å²) < 4.78 is 27.8. The second-order valence-electron chi connectivity index (χ2n) is 5.44. The van der Waals surface area contributed by atoms with Gasteiger partial charge in [-0.25, -0.2) is 0 Å². The maximum absolute atomic E-state index is 11.3. The minimum Gasteiger partial charge on any atom is -0.382 e. The molecule has 5 heteroatoms. The van der Waals surface area contributed by atoms with Gasteiger partial charge in [0.25, 0.3) is 0 Å². The molecule has 4 nitrogen and oxygen atoms in total. The monoisotopic (exact) mass is 297 g/mol. The number of hydrogen-bond donors (Lipinski definition) is 0. The molecule has 1 aliphatic heterocycles. The van der Waals surface area contributed by atoms with Gasteiger partial charge in [-0.2, -0.15) is 8.42 Å². The van der Waals surface area contributed by atoms with Crippen LogP contribution >= 0.6 is 0 Å². The van der Waals surface area contributed by atoms with E-state index in [0.717, 1.165) is 44.3 Å². The lowest BCUT2D eigenvalue weighted by atomic mass is 9.89. The topological polar surface area (TPSA) is 46.6 Å². The van der Waals surface area contributed by atoms with Crippen LogP contribution in [0.15, 0.2) is 24.3 Å². The van der Waals surface area contributed by atoms with Crippen LogP contribution in [0.1, 0.15) is 37.7 Å². The molecule has 20 heavy (non-hydrogen) atoms. The lowest BCUT2D eigenvalue weighted by molar-refractivity contribution is 0.212. The Labute approximate surface area is 121 Å². The van der Waals surface area contributed by atoms with Crippen LogP contribution in [0.3, 0.4) is 0 Å². The Morgan fingerprint density at radius 2 is 1.90 bits per heavy atom. The zero-order valence-electron chi connectivity index (χ0n) is 12.2. The largest absolute Gasteiger partial charge is 0.382 e. The molecule has 0 N–H and O–H groups in total. The van der Waals surface area contributed by atoms with Crippen LogP contribution in [0.25, 0.3) is 0 Å². The Morgan fingerprint density at radius 1 is 1.25 bits per heavy atom. The summed E-state index contributed by atoms with van der Waals surface area (Å²) in [4.78, 5) is 2.47. The van der Waals surface area contributed by atoms with Crippen molar-refractivity contribution in [3.8, 4) is 5.75 Å². The van der Waals surface area contributed by atoms with Crippen LogP contribution in [0, 0.1) is 0 Å². The van der Waals surface area contributed by atoms with Crippen molar-refractivity contribution in [2.24, 2.45) is 0 Å². The highest BCUT2D eigenvalue weighted by molar-refractivity contribution is 7.86. The Balaban J connectivity index is 2.10. The predicted octanol–water partition coefficient (Wildman–Crippen LogP) is 2.61. The lowest BCUT2D eigenvalue weighted by Crippen LogP contribution is -2.33. The summed E-state index contributed by atoms with van der Waals surface area (Å²) in [7, 11) is -3.47. The molecule has 1 aliphatic rings. The quantitative estimate of drug-likeness (QED) is 0.784. The van der Waals surface area contributed by atoms with Crippen molar-refractivity contribution in [1.29, 1.82) is 0 Å². The highest BCUT2D eigenvalue weighted by atomic mass is 32.2. The van der Waals surface area contributed by atoms with Gasteiger partial charge in [-0.15, -0.1) is 0 Å². The summed E-state index contributed by atoms with van der Waals surface area (Å²) in [6, 6.07) is 7.49. The minimum absolute atomic E-state index is 0.390. The molecule has 0 aromatic heterocycles. The highest BCUT2D eigenvalue weighted by Gasteiger charge is 2.23. The zero-order chi connectivity index (χ0) is 14.6. The summed E-state index contributed by atoms with van der Waals surface area (Å²) >= 11 is 0. The highest BCUT2D eigenvalue weighted by Crippen LogP contribution is 2.34. The van der Waals surface area contributed by atoms with E-state index in [4.69, 9.17) is 4.18 Å². The molecule has 1 fully saturated rings. The number of likely N-dealkylation sites (tertiary alicyclic amines) is 1. The molecule has 1 saturated heterocycles. The maximum Gasteiger partial charge on any atom is 0.306 e. The van der Waals surface area contributed by atoms with E-state index < -0.39 is 10.1 Å². The standard InChI is InChI=1S/C15H23NO3S/c1-3-10-16-11-8-13(9-12-16)14-6-4-5-7-15(14)19-20(2,17)18/h4-7,13H,3,8-12H2,1-2H3. The van der Waals surface area contributed by atoms with Gasteiger partial charge < -0.3 is 9.08 Å². The van der Waals surface area contributed by atoms with E-state index >= 15 is 0 Å². The van der Waals surface area contributed by atoms with Gasteiger partial charge in [0.05, 0.1) is 6.26 Å². The number of nitrogens with zero attached hydrogens (tertiary/aromatic N) is 1. The van der Waals surface area contributed by atoms with Crippen molar-refractivity contribution in [1.82, 2.24) is 4.90 Å². The Morgan fingerprint density at radius 3 is 2.50 bits per heavy atom. The van der Waals surface area contributed by atoms with Gasteiger partial charge in [0.2, 0.25) is 0 Å². The van der Waals surface area contributed by atoms with E-state index in [1.165, 1.54) is 6.42 Å². The Bertz CT molecular complexity index is 534. The molecule has 0 saturated carbocycles. The van der Waals surface area contributed by atoms with Crippen molar-refractivity contribution >= 4 is 10.1 Å². The molecule has 0 amide bonds. The first-order valence-electron chi connectivity index (χ1n) is 7.20. The van der Waals surface area contributed by atoms with Crippen LogP contribution in [0.4, 0.5) is 0 Å². The van der Waals surface area contributed by atoms with Gasteiger partial charge in [-0.1, -0.05) is 25.1 Å². The van der Waals surface area contributed by atoms with E-state index in [9.17, 15) is 8.42 Å². The molecule has 0 atom stereocenters. The number of piperidine rings is 1. The normalized spacial score (nSPS) is 18.1. The van der Waals surface area contributed by atoms with Gasteiger partial charge in [0.15, 0.2) is 0 Å². The first kappa shape index (κ1) is 15.3. The first-order valence-corrected chi connectivity index (χ1v) is 9.02. The van der Waals surface area contributed by atoms with Crippen molar-refractivity contribution in [3.05, 3.63) is 29.8 Å². The molecule has 112 valence electrons. The van der Waals surface area contributed by atoms with Gasteiger partial charge in [-0.05, 0) is 56.4 Å². The molecule has 0 unspecified atom stereocenters. The summed E-state index contributed by atoms with van der Waals surface area (Å²) in [5, 5.41) is 0. The third-order valence-corrected chi connectivity index (χ3v) is 4.21. The van der Waals surface area contributed by atoms with Crippen LogP contribution in [-0.2, 0) is 10.1 Å². The zero-order valence-corrected chi connectivity index (χ0v) is 13.0. The van der Waals surface area contributed by atoms with E-state index in [1.807, 2.05) is 18.2 Å². The molecule has 1 aromatic rings. The second-order valence-corrected chi connectivity index (χ2v) is 7.02. The van der Waals surface area contributed by atoms with E-state index in [0.29, 0.717) is 11.7 Å². The third-order valence-electron chi connectivity index (χ3n) is 3.73. The molecule has 1 aromatic carbocycles. The molecule has 0 radical (unpaired) electrons. The van der Waals surface area contributed by atoms with E-state index in [1.54, 1.807) is 6.07 Å². The smallest absolute Gasteiger partial charge is 0.306 e. The predicted molar refractivity (Wildman–Crippen MR) is 80.6 cm³/mol. The number of rotatable bonds is 5. The van der Waals surface area contributed by atoms with Crippen LogP contribution in [0.5, 0.6) is 5.75 Å². The van der Waals surface area contributed by atoms with Crippen LogP contribution in [-0.4, -0.2) is 39.2 Å². The van der Waals surface area contributed by atoms with Gasteiger partial charge in [0, 0.05) is 0 Å². The average Bonchev–Trinajstić information content (AvgIpc) is 2.39. The lowest BCUT2D eigenvalue weighted by Gasteiger charge is -2.32. The molecular formula is C15H23NO3S. The molecule has 2 rings (SSSR count). The van der Waals surface area contributed by atoms with E-state index in [-0.39, 0.29) is 0 Å². The SMILES string of the molecule is CCCN1CCC(c2ccccc2OS(C)(=O)=O)CC1. The van der Waals surface area contributed by atoms with Crippen LogP contribution in [0.2, 0.25) is 0 Å². The number of hydrogen-bond acceptors (Lipinski definition) is 4. The summed E-state index contributed by atoms with van der Waals surface area (Å²) in [5.41, 5.74) is 1.02. The van der Waals surface area contributed by atoms with Crippen molar-refractivity contribution in [2.75, 3.05) is 25.9 Å². The Kier molecular flexibility index (Phi) is 5.05. The summed E-state index contributed by atoms with van der Waals surface area (Å²) in [5.74, 6) is 0.880. The van der Waals surface area contributed by atoms with Crippen molar-refractivity contribution < 1.29 is 12.6 Å². The number of para-hydroxylation sites is 1. The van der Waals surface area contributed by atoms with Gasteiger partial charge >= 0.3 is 10.1 Å². The fourth-order valence-corrected chi connectivity index (χ4v) is 3.32. The molecule has 0 bridgehead atoms. The summed E-state index contributed by atoms with van der Waals surface area (Å²) in [6.07, 6.45) is 4.39. The molecule has 0 spiro atoms. The van der Waals surface area contributed by atoms with Crippen molar-refractivity contribution in [3.63, 3.8) is 0 Å². The first-order chi connectivity index (χ1) is 9.49. The third kappa shape index (κ3) is 4.21. The van der Waals surface area contributed by atoms with Gasteiger partial charge in [0.1, 0.15) is 5.75 Å². The average molecular weight is 297 g/mol. The van der Waals surface area contributed by atoms with E-state index in [2.05, 4.69) is 11.8 Å². The molecular weight excluding hydrogens is 274 g/mol. The van der Waals surface area contributed by atoms with Crippen molar-refractivity contribution in [2.45, 2.75) is 32.1 Å².